The number of halogens is 2. The van der Waals surface area contributed by atoms with Crippen molar-refractivity contribution in [3.63, 3.8) is 0 Å². The van der Waals surface area contributed by atoms with Crippen LogP contribution in [0.2, 0.25) is 10.0 Å². The summed E-state index contributed by atoms with van der Waals surface area (Å²) in [6.45, 7) is -3.64. The number of aromatic nitrogens is 4. The van der Waals surface area contributed by atoms with E-state index in [0.717, 1.165) is 16.5 Å². The Labute approximate surface area is 177 Å². The lowest BCUT2D eigenvalue weighted by Crippen LogP contribution is -2.38. The first kappa shape index (κ1) is 14.8. The van der Waals surface area contributed by atoms with Gasteiger partial charge in [-0.05, 0) is 17.7 Å². The van der Waals surface area contributed by atoms with Gasteiger partial charge in [-0.2, -0.15) is 4.98 Å². The Morgan fingerprint density at radius 1 is 1.25 bits per heavy atom. The predicted octanol–water partition coefficient (Wildman–Crippen LogP) is 2.37. The number of benzene rings is 1. The van der Waals surface area contributed by atoms with E-state index in [-0.39, 0.29) is 30.2 Å². The molecule has 3 aromatic rings. The van der Waals surface area contributed by atoms with E-state index in [1.165, 1.54) is 4.90 Å². The van der Waals surface area contributed by atoms with Crippen molar-refractivity contribution in [2.75, 3.05) is 38.1 Å². The van der Waals surface area contributed by atoms with Crippen LogP contribution in [-0.2, 0) is 17.8 Å². The summed E-state index contributed by atoms with van der Waals surface area (Å²) in [5.41, 5.74) is -0.00669. The molecule has 4 rings (SSSR count). The molecule has 2 aromatic heterocycles. The molecule has 2 N–H and O–H groups in total. The summed E-state index contributed by atoms with van der Waals surface area (Å²) in [5, 5.41) is 3.79. The molecule has 8 nitrogen and oxygen atoms in total. The second kappa shape index (κ2) is 8.48. The Morgan fingerprint density at radius 3 is 2.86 bits per heavy atom. The smallest absolute Gasteiger partial charge is 0.278 e. The molecule has 0 saturated carbocycles. The molecule has 0 amide bonds. The lowest BCUT2D eigenvalue weighted by atomic mass is 10.2. The summed E-state index contributed by atoms with van der Waals surface area (Å²) >= 11 is 11.9. The largest absolute Gasteiger partial charge is 0.379 e. The van der Waals surface area contributed by atoms with Gasteiger partial charge in [0.2, 0.25) is 5.95 Å². The Balaban J connectivity index is 1.62. The van der Waals surface area contributed by atoms with Crippen LogP contribution >= 0.6 is 23.2 Å². The van der Waals surface area contributed by atoms with Gasteiger partial charge in [0.1, 0.15) is 0 Å². The van der Waals surface area contributed by atoms with Gasteiger partial charge < -0.3 is 14.6 Å². The van der Waals surface area contributed by atoms with E-state index >= 15 is 0 Å². The van der Waals surface area contributed by atoms with Crippen LogP contribution in [0.3, 0.4) is 0 Å². The average molecular weight is 427 g/mol. The van der Waals surface area contributed by atoms with Crippen LogP contribution in [0.15, 0.2) is 29.3 Å². The van der Waals surface area contributed by atoms with Crippen molar-refractivity contribution in [2.45, 2.75) is 13.0 Å². The molecule has 0 spiro atoms. The van der Waals surface area contributed by atoms with Gasteiger partial charge in [-0.25, -0.2) is 4.98 Å². The third kappa shape index (κ3) is 4.30. The van der Waals surface area contributed by atoms with Crippen LogP contribution < -0.4 is 10.9 Å². The van der Waals surface area contributed by atoms with Crippen LogP contribution in [0.25, 0.3) is 11.2 Å². The number of morpholine rings is 1. The highest BCUT2D eigenvalue weighted by Crippen LogP contribution is 2.22. The second-order valence-electron chi connectivity index (χ2n) is 6.13. The van der Waals surface area contributed by atoms with Crippen LogP contribution in [0.1, 0.15) is 11.0 Å². The van der Waals surface area contributed by atoms with Gasteiger partial charge in [0.25, 0.3) is 5.56 Å². The SMILES string of the molecule is [2H]C([2H])(N1CCOCC1)C([2H])([2H])n1cnc2nc(NCc3ccc(Cl)c(Cl)c3)[nH]c(=O)c21. The molecule has 0 bridgehead atoms. The van der Waals surface area contributed by atoms with Crippen LogP contribution in [0, 0.1) is 0 Å². The van der Waals surface area contributed by atoms with Crippen LogP contribution in [0.4, 0.5) is 5.95 Å². The molecule has 0 unspecified atom stereocenters. The Bertz CT molecular complexity index is 1200. The Morgan fingerprint density at radius 2 is 2.07 bits per heavy atom. The van der Waals surface area contributed by atoms with E-state index in [4.69, 9.17) is 33.4 Å². The highest BCUT2D eigenvalue weighted by molar-refractivity contribution is 6.42. The number of rotatable bonds is 6. The number of ether oxygens (including phenoxy) is 1. The molecule has 28 heavy (non-hydrogen) atoms. The standard InChI is InChI=1S/C18H20Cl2N6O2/c19-13-2-1-12(9-14(13)20)10-21-18-23-16-15(17(27)24-18)26(11-22-16)4-3-25-5-7-28-8-6-25/h1-2,9,11H,3-8,10H2,(H2,21,23,24,27)/i3D2,4D2. The molecular weight excluding hydrogens is 403 g/mol. The molecular formula is C18H20Cl2N6O2. The van der Waals surface area contributed by atoms with Gasteiger partial charge in [-0.15, -0.1) is 0 Å². The molecule has 1 aliphatic heterocycles. The van der Waals surface area contributed by atoms with E-state index in [1.807, 2.05) is 0 Å². The summed E-state index contributed by atoms with van der Waals surface area (Å²) in [6.07, 6.45) is 1.09. The maximum absolute atomic E-state index is 12.8. The van der Waals surface area contributed by atoms with Crippen molar-refractivity contribution in [2.24, 2.45) is 0 Å². The maximum atomic E-state index is 12.8. The highest BCUT2D eigenvalue weighted by atomic mass is 35.5. The molecule has 0 aliphatic carbocycles. The number of fused-ring (bicyclic) bond motifs is 1. The first-order valence-electron chi connectivity index (χ1n) is 10.6. The first-order valence-corrected chi connectivity index (χ1v) is 9.35. The minimum atomic E-state index is -2.59. The number of nitrogens with zero attached hydrogens (tertiary/aromatic N) is 4. The fourth-order valence-corrected chi connectivity index (χ4v) is 3.06. The summed E-state index contributed by atoms with van der Waals surface area (Å²) in [7, 11) is 0. The number of hydrogen-bond donors (Lipinski definition) is 2. The van der Waals surface area contributed by atoms with Gasteiger partial charge in [-0.1, -0.05) is 29.3 Å². The van der Waals surface area contributed by atoms with Crippen LogP contribution in [0.5, 0.6) is 0 Å². The molecule has 3 heterocycles. The number of imidazole rings is 1. The predicted molar refractivity (Wildman–Crippen MR) is 109 cm³/mol. The summed E-state index contributed by atoms with van der Waals surface area (Å²) in [4.78, 5) is 25.0. The lowest BCUT2D eigenvalue weighted by Gasteiger charge is -2.26. The number of anilines is 1. The van der Waals surface area contributed by atoms with E-state index in [9.17, 15) is 4.79 Å². The average Bonchev–Trinajstić information content (AvgIpc) is 3.20. The van der Waals surface area contributed by atoms with E-state index in [2.05, 4.69) is 20.3 Å². The molecule has 0 atom stereocenters. The molecule has 1 aromatic carbocycles. The maximum Gasteiger partial charge on any atom is 0.278 e. The fraction of sp³-hybridized carbons (Fsp3) is 0.389. The van der Waals surface area contributed by atoms with Crippen molar-refractivity contribution in [1.82, 2.24) is 24.4 Å². The van der Waals surface area contributed by atoms with Gasteiger partial charge in [0.05, 0.1) is 32.3 Å². The van der Waals surface area contributed by atoms with Gasteiger partial charge in [-0.3, -0.25) is 14.7 Å². The zero-order valence-corrected chi connectivity index (χ0v) is 16.2. The lowest BCUT2D eigenvalue weighted by molar-refractivity contribution is 0.0365. The van der Waals surface area contributed by atoms with Gasteiger partial charge in [0.15, 0.2) is 11.2 Å². The second-order valence-corrected chi connectivity index (χ2v) is 6.94. The minimum Gasteiger partial charge on any atom is -0.379 e. The van der Waals surface area contributed by atoms with Crippen LogP contribution in [-0.4, -0.2) is 57.2 Å². The topological polar surface area (TPSA) is 88.1 Å². The Hall–Kier alpha value is -2.13. The fourth-order valence-electron chi connectivity index (χ4n) is 2.74. The highest BCUT2D eigenvalue weighted by Gasteiger charge is 2.14. The summed E-state index contributed by atoms with van der Waals surface area (Å²) in [6, 6.07) is 5.12. The molecule has 1 fully saturated rings. The zero-order valence-electron chi connectivity index (χ0n) is 18.7. The van der Waals surface area contributed by atoms with Crippen molar-refractivity contribution in [1.29, 1.82) is 0 Å². The molecule has 1 saturated heterocycles. The summed E-state index contributed by atoms with van der Waals surface area (Å²) in [5.74, 6) is 0.135. The normalized spacial score (nSPS) is 18.4. The van der Waals surface area contributed by atoms with Crippen molar-refractivity contribution in [3.05, 3.63) is 50.5 Å². The van der Waals surface area contributed by atoms with Crippen molar-refractivity contribution in [3.8, 4) is 0 Å². The number of aromatic amines is 1. The zero-order chi connectivity index (χ0) is 23.1. The van der Waals surface area contributed by atoms with E-state index in [0.29, 0.717) is 29.8 Å². The minimum absolute atomic E-state index is 0.00737. The number of nitrogens with one attached hydrogen (secondary N) is 2. The summed E-state index contributed by atoms with van der Waals surface area (Å²) < 4.78 is 40.0. The third-order valence-corrected chi connectivity index (χ3v) is 4.94. The van der Waals surface area contributed by atoms with Crippen molar-refractivity contribution >= 4 is 40.3 Å². The number of hydrogen-bond acceptors (Lipinski definition) is 6. The number of aryl methyl sites for hydroxylation is 1. The molecule has 0 radical (unpaired) electrons. The van der Waals surface area contributed by atoms with Gasteiger partial charge >= 0.3 is 0 Å². The number of H-pyrrole nitrogens is 1. The first-order chi connectivity index (χ1) is 15.1. The molecule has 148 valence electrons. The van der Waals surface area contributed by atoms with Gasteiger partial charge in [0, 0.05) is 35.4 Å². The third-order valence-electron chi connectivity index (χ3n) is 4.20. The van der Waals surface area contributed by atoms with Crippen molar-refractivity contribution < 1.29 is 10.2 Å². The monoisotopic (exact) mass is 426 g/mol. The quantitative estimate of drug-likeness (QED) is 0.628. The van der Waals surface area contributed by atoms with E-state index in [1.54, 1.807) is 18.2 Å². The Kier molecular flexibility index (Phi) is 4.49. The van der Waals surface area contributed by atoms with E-state index < -0.39 is 18.6 Å². The molecule has 10 heteroatoms. The molecule has 1 aliphatic rings.